The number of aliphatic hydroxyl groups excluding tert-OH is 1. The number of carbonyl (C=O) groups excluding carboxylic acids is 1. The average molecular weight is 453 g/mol. The van der Waals surface area contributed by atoms with Crippen molar-refractivity contribution in [3.05, 3.63) is 105 Å². The number of rotatable bonds is 6. The predicted octanol–water partition coefficient (Wildman–Crippen LogP) is 3.79. The zero-order valence-corrected chi connectivity index (χ0v) is 18.8. The number of nitrogens with zero attached hydrogens (tertiary/aromatic N) is 2. The van der Waals surface area contributed by atoms with E-state index in [1.807, 2.05) is 31.2 Å². The highest BCUT2D eigenvalue weighted by Gasteiger charge is 2.40. The van der Waals surface area contributed by atoms with Crippen LogP contribution in [0, 0.1) is 25.2 Å². The van der Waals surface area contributed by atoms with Crippen molar-refractivity contribution in [3.63, 3.8) is 0 Å². The number of fused-ring (bicyclic) bond motifs is 1. The summed E-state index contributed by atoms with van der Waals surface area (Å²) in [6.45, 7) is 3.23. The number of hydrogen-bond acceptors (Lipinski definition) is 6. The van der Waals surface area contributed by atoms with Gasteiger partial charge in [0.15, 0.2) is 0 Å². The number of carbonyl (C=O) groups is 1. The van der Waals surface area contributed by atoms with Crippen LogP contribution in [0.4, 0.5) is 5.69 Å². The molecule has 7 nitrogen and oxygen atoms in total. The molecule has 1 heterocycles. The Kier molecular flexibility index (Phi) is 6.26. The monoisotopic (exact) mass is 453 g/mol. The van der Waals surface area contributed by atoms with Crippen LogP contribution in [0.25, 0.3) is 10.8 Å². The number of benzene rings is 3. The molecule has 1 aromatic heterocycles. The molecule has 1 amide bonds. The maximum atomic E-state index is 13.8. The van der Waals surface area contributed by atoms with Crippen molar-refractivity contribution in [2.75, 3.05) is 11.9 Å². The Labute approximate surface area is 196 Å². The summed E-state index contributed by atoms with van der Waals surface area (Å²) in [5.41, 5.74) is 2.11. The largest absolute Gasteiger partial charge is 0.395 e. The number of aryl methyl sites for hydroxylation is 2. The second-order valence-corrected chi connectivity index (χ2v) is 8.37. The summed E-state index contributed by atoms with van der Waals surface area (Å²) in [7, 11) is 0. The zero-order valence-electron chi connectivity index (χ0n) is 18.8. The van der Waals surface area contributed by atoms with Crippen molar-refractivity contribution in [3.8, 4) is 6.07 Å². The molecule has 0 saturated carbocycles. The van der Waals surface area contributed by atoms with Crippen LogP contribution in [0.3, 0.4) is 0 Å². The minimum atomic E-state index is -1.31. The molecule has 4 rings (SSSR count). The van der Waals surface area contributed by atoms with Crippen LogP contribution in [-0.4, -0.2) is 22.8 Å². The summed E-state index contributed by atoms with van der Waals surface area (Å²) in [6, 6.07) is 21.4. The summed E-state index contributed by atoms with van der Waals surface area (Å²) < 4.78 is 4.77. The van der Waals surface area contributed by atoms with E-state index in [2.05, 4.69) is 16.5 Å². The van der Waals surface area contributed by atoms with Crippen LogP contribution in [0.15, 0.2) is 76.0 Å². The fourth-order valence-electron chi connectivity index (χ4n) is 4.13. The SMILES string of the molecule is Cc1cccc(CC(CO)(C(=O)Nc2ccc3c(=O)onc(C)c3c2)c2ccc(C#N)cc2)c1. The van der Waals surface area contributed by atoms with Gasteiger partial charge in [-0.3, -0.25) is 4.79 Å². The Bertz CT molecular complexity index is 1470. The van der Waals surface area contributed by atoms with Gasteiger partial charge in [-0.05, 0) is 61.7 Å². The lowest BCUT2D eigenvalue weighted by Crippen LogP contribution is -2.45. The van der Waals surface area contributed by atoms with E-state index in [0.29, 0.717) is 33.3 Å². The lowest BCUT2D eigenvalue weighted by atomic mass is 9.75. The standard InChI is InChI=1S/C27H23N3O4/c1-17-4-3-5-20(12-17)14-27(16-31,21-8-6-19(15-28)7-9-21)26(33)29-22-10-11-23-24(13-22)18(2)30-34-25(23)32/h3-13,31H,14,16H2,1-2H3,(H,29,33). The Balaban J connectivity index is 1.78. The summed E-state index contributed by atoms with van der Waals surface area (Å²) in [5, 5.41) is 27.4. The molecule has 7 heteroatoms. The number of anilines is 1. The average Bonchev–Trinajstić information content (AvgIpc) is 2.85. The van der Waals surface area contributed by atoms with E-state index in [4.69, 9.17) is 4.52 Å². The highest BCUT2D eigenvalue weighted by atomic mass is 16.5. The normalized spacial score (nSPS) is 12.6. The molecule has 4 aromatic rings. The van der Waals surface area contributed by atoms with Gasteiger partial charge in [0.2, 0.25) is 5.91 Å². The van der Waals surface area contributed by atoms with Crippen molar-refractivity contribution in [1.82, 2.24) is 5.16 Å². The molecule has 0 radical (unpaired) electrons. The summed E-state index contributed by atoms with van der Waals surface area (Å²) in [5.74, 6) is -0.408. The number of aromatic nitrogens is 1. The summed E-state index contributed by atoms with van der Waals surface area (Å²) in [6.07, 6.45) is 0.251. The number of amides is 1. The molecular formula is C27H23N3O4. The van der Waals surface area contributed by atoms with E-state index >= 15 is 0 Å². The van der Waals surface area contributed by atoms with Gasteiger partial charge in [-0.15, -0.1) is 0 Å². The van der Waals surface area contributed by atoms with Gasteiger partial charge in [0, 0.05) is 11.1 Å². The Morgan fingerprint density at radius 1 is 1.09 bits per heavy atom. The van der Waals surface area contributed by atoms with Gasteiger partial charge >= 0.3 is 5.63 Å². The van der Waals surface area contributed by atoms with Crippen LogP contribution in [0.2, 0.25) is 0 Å². The predicted molar refractivity (Wildman–Crippen MR) is 128 cm³/mol. The molecule has 0 aliphatic rings. The molecular weight excluding hydrogens is 430 g/mol. The minimum absolute atomic E-state index is 0.251. The van der Waals surface area contributed by atoms with E-state index in [0.717, 1.165) is 11.1 Å². The Hall–Kier alpha value is -4.28. The zero-order chi connectivity index (χ0) is 24.3. The molecule has 34 heavy (non-hydrogen) atoms. The molecule has 2 N–H and O–H groups in total. The number of nitrogens with one attached hydrogen (secondary N) is 1. The van der Waals surface area contributed by atoms with Crippen molar-refractivity contribution in [1.29, 1.82) is 5.26 Å². The molecule has 1 unspecified atom stereocenters. The number of aliphatic hydroxyl groups is 1. The van der Waals surface area contributed by atoms with Gasteiger partial charge in [-0.2, -0.15) is 5.26 Å². The molecule has 0 spiro atoms. The van der Waals surface area contributed by atoms with Crippen molar-refractivity contribution < 1.29 is 14.4 Å². The maximum Gasteiger partial charge on any atom is 0.366 e. The van der Waals surface area contributed by atoms with E-state index in [1.54, 1.807) is 49.4 Å². The third-order valence-electron chi connectivity index (χ3n) is 6.01. The quantitative estimate of drug-likeness (QED) is 0.459. The maximum absolute atomic E-state index is 13.8. The molecule has 0 aliphatic heterocycles. The highest BCUT2D eigenvalue weighted by Crippen LogP contribution is 2.31. The third-order valence-corrected chi connectivity index (χ3v) is 6.01. The van der Waals surface area contributed by atoms with Crippen LogP contribution >= 0.6 is 0 Å². The first kappa shape index (κ1) is 22.9. The molecule has 3 aromatic carbocycles. The first-order chi connectivity index (χ1) is 16.4. The van der Waals surface area contributed by atoms with Gasteiger partial charge in [0.1, 0.15) is 5.41 Å². The van der Waals surface area contributed by atoms with E-state index in [9.17, 15) is 20.0 Å². The first-order valence-electron chi connectivity index (χ1n) is 10.7. The Morgan fingerprint density at radius 3 is 2.53 bits per heavy atom. The fraction of sp³-hybridized carbons (Fsp3) is 0.185. The highest BCUT2D eigenvalue weighted by molar-refractivity contribution is 6.01. The van der Waals surface area contributed by atoms with Gasteiger partial charge in [0.05, 0.1) is 29.3 Å². The molecule has 1 atom stereocenters. The number of hydrogen-bond donors (Lipinski definition) is 2. The first-order valence-corrected chi connectivity index (χ1v) is 10.7. The molecule has 0 saturated heterocycles. The second-order valence-electron chi connectivity index (χ2n) is 8.37. The topological polar surface area (TPSA) is 116 Å². The van der Waals surface area contributed by atoms with Crippen LogP contribution in [0.1, 0.15) is 27.9 Å². The van der Waals surface area contributed by atoms with Crippen LogP contribution in [0.5, 0.6) is 0 Å². The van der Waals surface area contributed by atoms with E-state index in [-0.39, 0.29) is 6.42 Å². The van der Waals surface area contributed by atoms with Crippen LogP contribution < -0.4 is 10.9 Å². The summed E-state index contributed by atoms with van der Waals surface area (Å²) >= 11 is 0. The van der Waals surface area contributed by atoms with E-state index in [1.165, 1.54) is 0 Å². The van der Waals surface area contributed by atoms with Gasteiger partial charge in [-0.1, -0.05) is 47.1 Å². The molecule has 0 fully saturated rings. The smallest absolute Gasteiger partial charge is 0.366 e. The van der Waals surface area contributed by atoms with Crippen molar-refractivity contribution >= 4 is 22.4 Å². The lowest BCUT2D eigenvalue weighted by Gasteiger charge is -2.31. The van der Waals surface area contributed by atoms with Crippen molar-refractivity contribution in [2.24, 2.45) is 0 Å². The second kappa shape index (κ2) is 9.30. The lowest BCUT2D eigenvalue weighted by molar-refractivity contribution is -0.123. The van der Waals surface area contributed by atoms with Crippen molar-refractivity contribution in [2.45, 2.75) is 25.7 Å². The van der Waals surface area contributed by atoms with Gasteiger partial charge in [-0.25, -0.2) is 4.79 Å². The van der Waals surface area contributed by atoms with Crippen LogP contribution in [-0.2, 0) is 16.6 Å². The van der Waals surface area contributed by atoms with Gasteiger partial charge in [0.25, 0.3) is 0 Å². The van der Waals surface area contributed by atoms with E-state index < -0.39 is 23.6 Å². The fourth-order valence-corrected chi connectivity index (χ4v) is 4.13. The summed E-state index contributed by atoms with van der Waals surface area (Å²) in [4.78, 5) is 25.7. The third kappa shape index (κ3) is 4.32. The number of nitriles is 1. The van der Waals surface area contributed by atoms with Gasteiger partial charge < -0.3 is 14.9 Å². The molecule has 170 valence electrons. The Morgan fingerprint density at radius 2 is 1.85 bits per heavy atom. The molecule has 0 bridgehead atoms. The molecule has 0 aliphatic carbocycles. The minimum Gasteiger partial charge on any atom is -0.395 e.